The number of aliphatic hydroxyl groups excluding tert-OH is 3. The number of aromatic hydroxyl groups is 1. The van der Waals surface area contributed by atoms with Gasteiger partial charge < -0.3 is 44.9 Å². The molecule has 3 aliphatic heterocycles. The molecule has 5 aliphatic rings. The Kier molecular flexibility index (Phi) is 6.03. The van der Waals surface area contributed by atoms with Crippen LogP contribution in [0.25, 0.3) is 0 Å². The molecule has 2 saturated heterocycles. The number of rotatable bonds is 5. The van der Waals surface area contributed by atoms with Gasteiger partial charge in [-0.1, -0.05) is 18.2 Å². The van der Waals surface area contributed by atoms with Gasteiger partial charge in [0.05, 0.1) is 0 Å². The minimum absolute atomic E-state index is 0.0841. The molecular formula is C25H32N2O8S. The zero-order valence-electron chi connectivity index (χ0n) is 19.9. The first-order chi connectivity index (χ1) is 17.3. The molecule has 1 aromatic rings. The van der Waals surface area contributed by atoms with Crippen molar-refractivity contribution in [3.05, 3.63) is 35.4 Å². The van der Waals surface area contributed by atoms with Gasteiger partial charge in [0.2, 0.25) is 0 Å². The van der Waals surface area contributed by atoms with E-state index in [1.165, 1.54) is 0 Å². The number of ether oxygens (including phenoxy) is 3. The van der Waals surface area contributed by atoms with Crippen molar-refractivity contribution in [1.29, 1.82) is 0 Å². The highest BCUT2D eigenvalue weighted by atomic mass is 32.1. The molecular weight excluding hydrogens is 488 g/mol. The highest BCUT2D eigenvalue weighted by Crippen LogP contribution is 2.62. The summed E-state index contributed by atoms with van der Waals surface area (Å²) in [6.45, 7) is 1.11. The van der Waals surface area contributed by atoms with Crippen LogP contribution in [0, 0.1) is 5.92 Å². The summed E-state index contributed by atoms with van der Waals surface area (Å²) in [6, 6.07) is 3.91. The number of benzene rings is 1. The van der Waals surface area contributed by atoms with Crippen LogP contribution in [0.4, 0.5) is 0 Å². The smallest absolute Gasteiger partial charge is 0.252 e. The van der Waals surface area contributed by atoms with Crippen LogP contribution in [0.15, 0.2) is 24.3 Å². The number of thiol groups is 1. The number of phenols is 1. The number of nitrogens with zero attached hydrogens (tertiary/aromatic N) is 1. The van der Waals surface area contributed by atoms with Crippen LogP contribution in [-0.4, -0.2) is 106 Å². The van der Waals surface area contributed by atoms with E-state index in [0.29, 0.717) is 11.5 Å². The van der Waals surface area contributed by atoms with E-state index in [0.717, 1.165) is 30.5 Å². The predicted molar refractivity (Wildman–Crippen MR) is 130 cm³/mol. The number of hydrogen-bond donors (Lipinski definition) is 6. The SMILES string of the molecule is CN1CC[C@]23c4c5ccc(O)c4O[C@H]2[C@@H](O[C@@H]2OC(C(=O)NCCS)[C@@H](O)C(O)C2O)C=CC3[C@H]1C5. The minimum atomic E-state index is -1.64. The molecule has 2 fully saturated rings. The summed E-state index contributed by atoms with van der Waals surface area (Å²) in [6.07, 6.45) is -3.17. The Bertz CT molecular complexity index is 1090. The van der Waals surface area contributed by atoms with Gasteiger partial charge >= 0.3 is 0 Å². The third-order valence-electron chi connectivity index (χ3n) is 8.66. The fourth-order valence-corrected chi connectivity index (χ4v) is 7.06. The lowest BCUT2D eigenvalue weighted by Gasteiger charge is -2.57. The van der Waals surface area contributed by atoms with Crippen molar-refractivity contribution in [3.8, 4) is 11.5 Å². The highest BCUT2D eigenvalue weighted by molar-refractivity contribution is 7.80. The first-order valence-corrected chi connectivity index (χ1v) is 13.1. The molecule has 5 N–H and O–H groups in total. The third-order valence-corrected chi connectivity index (χ3v) is 8.88. The number of carbonyl (C=O) groups is 1. The normalized spacial score (nSPS) is 42.5. The second-order valence-electron chi connectivity index (χ2n) is 10.5. The second kappa shape index (κ2) is 8.87. The number of phenolic OH excluding ortho intramolecular Hbond substituents is 1. The molecule has 3 heterocycles. The van der Waals surface area contributed by atoms with Crippen LogP contribution in [0.3, 0.4) is 0 Å². The lowest BCUT2D eigenvalue weighted by atomic mass is 9.53. The highest BCUT2D eigenvalue weighted by Gasteiger charge is 2.65. The van der Waals surface area contributed by atoms with E-state index in [9.17, 15) is 25.2 Å². The number of likely N-dealkylation sites (N-methyl/N-ethyl adjacent to an activating group) is 1. The van der Waals surface area contributed by atoms with E-state index in [1.54, 1.807) is 6.07 Å². The molecule has 4 unspecified atom stereocenters. The van der Waals surface area contributed by atoms with Crippen LogP contribution in [0.1, 0.15) is 17.5 Å². The van der Waals surface area contributed by atoms with Crippen molar-refractivity contribution in [3.63, 3.8) is 0 Å². The molecule has 1 spiro atoms. The number of piperidine rings is 1. The average molecular weight is 521 g/mol. The largest absolute Gasteiger partial charge is 0.504 e. The van der Waals surface area contributed by atoms with Crippen molar-refractivity contribution in [2.24, 2.45) is 5.92 Å². The topological polar surface area (TPSA) is 141 Å². The van der Waals surface area contributed by atoms with Gasteiger partial charge in [0, 0.05) is 35.2 Å². The maximum atomic E-state index is 12.5. The molecule has 2 aliphatic carbocycles. The molecule has 0 aromatic heterocycles. The molecule has 6 rings (SSSR count). The minimum Gasteiger partial charge on any atom is -0.504 e. The van der Waals surface area contributed by atoms with Crippen molar-refractivity contribution >= 4 is 18.5 Å². The van der Waals surface area contributed by atoms with Gasteiger partial charge in [-0.2, -0.15) is 12.6 Å². The number of amides is 1. The molecule has 196 valence electrons. The van der Waals surface area contributed by atoms with Crippen LogP contribution in [-0.2, 0) is 26.1 Å². The van der Waals surface area contributed by atoms with Crippen LogP contribution in [0.2, 0.25) is 0 Å². The fraction of sp³-hybridized carbons (Fsp3) is 0.640. The summed E-state index contributed by atoms with van der Waals surface area (Å²) in [4.78, 5) is 14.9. The van der Waals surface area contributed by atoms with Crippen LogP contribution < -0.4 is 10.1 Å². The van der Waals surface area contributed by atoms with Gasteiger partial charge in [0.1, 0.15) is 30.5 Å². The summed E-state index contributed by atoms with van der Waals surface area (Å²) in [5, 5.41) is 44.8. The summed E-state index contributed by atoms with van der Waals surface area (Å²) < 4.78 is 18.4. The maximum Gasteiger partial charge on any atom is 0.252 e. The molecule has 1 aromatic carbocycles. The predicted octanol–water partition coefficient (Wildman–Crippen LogP) is -0.924. The lowest BCUT2D eigenvalue weighted by Crippen LogP contribution is -2.66. The number of aliphatic hydroxyl groups is 3. The fourth-order valence-electron chi connectivity index (χ4n) is 6.95. The summed E-state index contributed by atoms with van der Waals surface area (Å²) in [7, 11) is 2.13. The molecule has 11 heteroatoms. The summed E-state index contributed by atoms with van der Waals surface area (Å²) >= 11 is 4.06. The molecule has 36 heavy (non-hydrogen) atoms. The summed E-state index contributed by atoms with van der Waals surface area (Å²) in [5.74, 6) is 0.480. The maximum absolute atomic E-state index is 12.5. The molecule has 0 radical (unpaired) electrons. The number of likely N-dealkylation sites (tertiary alicyclic amines) is 1. The molecule has 0 saturated carbocycles. The van der Waals surface area contributed by atoms with Gasteiger partial charge in [-0.15, -0.1) is 0 Å². The van der Waals surface area contributed by atoms with Gasteiger partial charge in [-0.25, -0.2) is 0 Å². The standard InChI is InChI=1S/C25H32N2O8S/c1-27-8-6-25-12-3-5-15(22(25)34-20-14(28)4-2-11(16(20)25)10-13(12)27)33-24-19(31)17(29)18(30)21(35-24)23(32)26-7-9-36/h2-5,12-13,15,17-19,21-22,24,28-31,36H,6-10H2,1H3,(H,26,32)/t12?,13-,15+,17?,18+,19?,21?,22+,24-,25+/m1/s1. The van der Waals surface area contributed by atoms with Crippen molar-refractivity contribution in [1.82, 2.24) is 10.2 Å². The van der Waals surface area contributed by atoms with Gasteiger partial charge in [-0.3, -0.25) is 4.79 Å². The van der Waals surface area contributed by atoms with E-state index in [-0.39, 0.29) is 24.3 Å². The van der Waals surface area contributed by atoms with E-state index in [4.69, 9.17) is 14.2 Å². The molecule has 1 amide bonds. The zero-order valence-corrected chi connectivity index (χ0v) is 20.8. The van der Waals surface area contributed by atoms with Gasteiger partial charge in [-0.05, 0) is 38.1 Å². The third kappa shape index (κ3) is 3.37. The Labute approximate surface area is 214 Å². The monoisotopic (exact) mass is 520 g/mol. The van der Waals surface area contributed by atoms with E-state index < -0.39 is 54.2 Å². The van der Waals surface area contributed by atoms with E-state index in [1.807, 2.05) is 12.1 Å². The second-order valence-corrected chi connectivity index (χ2v) is 10.9. The van der Waals surface area contributed by atoms with Gasteiger partial charge in [0.15, 0.2) is 23.9 Å². The number of hydrogen-bond acceptors (Lipinski definition) is 10. The van der Waals surface area contributed by atoms with Crippen molar-refractivity contribution < 1.29 is 39.4 Å². The Hall–Kier alpha value is -1.86. The first kappa shape index (κ1) is 24.5. The van der Waals surface area contributed by atoms with Crippen molar-refractivity contribution in [2.75, 3.05) is 25.9 Å². The zero-order chi connectivity index (χ0) is 25.4. The number of carbonyl (C=O) groups excluding carboxylic acids is 1. The lowest BCUT2D eigenvalue weighted by molar-refractivity contribution is -0.304. The first-order valence-electron chi connectivity index (χ1n) is 12.4. The van der Waals surface area contributed by atoms with Crippen molar-refractivity contribution in [2.45, 2.75) is 67.2 Å². The molecule has 10 nitrogen and oxygen atoms in total. The Morgan fingerprint density at radius 3 is 2.83 bits per heavy atom. The quantitative estimate of drug-likeness (QED) is 0.215. The van der Waals surface area contributed by atoms with E-state index >= 15 is 0 Å². The van der Waals surface area contributed by atoms with E-state index in [2.05, 4.69) is 36.0 Å². The van der Waals surface area contributed by atoms with Crippen LogP contribution in [0.5, 0.6) is 11.5 Å². The summed E-state index contributed by atoms with van der Waals surface area (Å²) in [5.41, 5.74) is 1.77. The number of nitrogens with one attached hydrogen (secondary N) is 1. The Morgan fingerprint density at radius 1 is 1.25 bits per heavy atom. The Balaban J connectivity index is 1.32. The average Bonchev–Trinajstić information content (AvgIpc) is 3.23. The van der Waals surface area contributed by atoms with Gasteiger partial charge in [0.25, 0.3) is 5.91 Å². The van der Waals surface area contributed by atoms with Crippen LogP contribution >= 0.6 is 12.6 Å². The molecule has 10 atom stereocenters. The Morgan fingerprint density at radius 2 is 2.06 bits per heavy atom. The molecule has 2 bridgehead atoms.